The number of piperidine rings is 1. The first-order valence-corrected chi connectivity index (χ1v) is 5.13. The van der Waals surface area contributed by atoms with Gasteiger partial charge in [0, 0.05) is 13.6 Å². The Morgan fingerprint density at radius 3 is 2.69 bits per heavy atom. The van der Waals surface area contributed by atoms with Crippen LogP contribution in [0.5, 0.6) is 0 Å². The van der Waals surface area contributed by atoms with Crippen molar-refractivity contribution in [3.05, 3.63) is 0 Å². The highest BCUT2D eigenvalue weighted by atomic mass is 16.5. The summed E-state index contributed by atoms with van der Waals surface area (Å²) >= 11 is 0. The van der Waals surface area contributed by atoms with Gasteiger partial charge in [0.1, 0.15) is 0 Å². The van der Waals surface area contributed by atoms with E-state index in [0.29, 0.717) is 13.0 Å². The Balaban J connectivity index is 3.09. The minimum atomic E-state index is -2.04. The number of amides is 1. The van der Waals surface area contributed by atoms with Crippen molar-refractivity contribution in [2.45, 2.75) is 19.8 Å². The zero-order valence-electron chi connectivity index (χ0n) is 9.36. The SMILES string of the molecule is CCOC(=O)C1(C(=O)O)CCCN(C)C1=O. The van der Waals surface area contributed by atoms with Crippen LogP contribution < -0.4 is 0 Å². The summed E-state index contributed by atoms with van der Waals surface area (Å²) in [6.45, 7) is 2.10. The number of hydrogen-bond donors (Lipinski definition) is 1. The van der Waals surface area contributed by atoms with Crippen LogP contribution in [0.2, 0.25) is 0 Å². The van der Waals surface area contributed by atoms with E-state index < -0.39 is 23.3 Å². The lowest BCUT2D eigenvalue weighted by Gasteiger charge is -2.34. The molecule has 0 saturated carbocycles. The minimum absolute atomic E-state index is 0.00431. The van der Waals surface area contributed by atoms with E-state index in [1.807, 2.05) is 0 Å². The quantitative estimate of drug-likeness (QED) is 0.538. The Bertz CT molecular complexity index is 327. The molecule has 1 aliphatic heterocycles. The maximum atomic E-state index is 11.8. The highest BCUT2D eigenvalue weighted by Crippen LogP contribution is 2.32. The molecule has 90 valence electrons. The number of esters is 1. The number of carboxylic acid groups (broad SMARTS) is 1. The van der Waals surface area contributed by atoms with Gasteiger partial charge in [0.2, 0.25) is 5.41 Å². The predicted molar refractivity (Wildman–Crippen MR) is 53.6 cm³/mol. The lowest BCUT2D eigenvalue weighted by Crippen LogP contribution is -2.56. The molecule has 6 heteroatoms. The van der Waals surface area contributed by atoms with Crippen molar-refractivity contribution in [3.8, 4) is 0 Å². The molecule has 0 aromatic heterocycles. The fraction of sp³-hybridized carbons (Fsp3) is 0.700. The number of carboxylic acids is 1. The van der Waals surface area contributed by atoms with Crippen LogP contribution in [-0.4, -0.2) is 48.1 Å². The highest BCUT2D eigenvalue weighted by Gasteiger charge is 2.57. The lowest BCUT2D eigenvalue weighted by molar-refractivity contribution is -0.178. The second kappa shape index (κ2) is 4.51. The zero-order chi connectivity index (χ0) is 12.3. The third-order valence-electron chi connectivity index (χ3n) is 2.75. The fourth-order valence-electron chi connectivity index (χ4n) is 1.85. The van der Waals surface area contributed by atoms with Crippen LogP contribution in [0.4, 0.5) is 0 Å². The van der Waals surface area contributed by atoms with E-state index in [9.17, 15) is 14.4 Å². The van der Waals surface area contributed by atoms with Crippen molar-refractivity contribution in [2.75, 3.05) is 20.2 Å². The molecule has 0 aliphatic carbocycles. The lowest BCUT2D eigenvalue weighted by atomic mass is 9.79. The first-order valence-electron chi connectivity index (χ1n) is 5.13. The third-order valence-corrected chi connectivity index (χ3v) is 2.75. The summed E-state index contributed by atoms with van der Waals surface area (Å²) in [4.78, 5) is 36.0. The van der Waals surface area contributed by atoms with Gasteiger partial charge in [-0.1, -0.05) is 0 Å². The standard InChI is InChI=1S/C10H15NO5/c1-3-16-9(15)10(8(13)14)5-4-6-11(2)7(10)12/h3-6H2,1-2H3,(H,13,14). The number of rotatable bonds is 3. The van der Waals surface area contributed by atoms with E-state index >= 15 is 0 Å². The van der Waals surface area contributed by atoms with Gasteiger partial charge < -0.3 is 14.7 Å². The molecule has 0 spiro atoms. The Morgan fingerprint density at radius 1 is 1.56 bits per heavy atom. The molecule has 16 heavy (non-hydrogen) atoms. The maximum Gasteiger partial charge on any atom is 0.333 e. The van der Waals surface area contributed by atoms with Crippen LogP contribution in [0, 0.1) is 5.41 Å². The second-order valence-electron chi connectivity index (χ2n) is 3.76. The molecule has 1 unspecified atom stereocenters. The van der Waals surface area contributed by atoms with Crippen molar-refractivity contribution < 1.29 is 24.2 Å². The monoisotopic (exact) mass is 229 g/mol. The fourth-order valence-corrected chi connectivity index (χ4v) is 1.85. The molecule has 0 radical (unpaired) electrons. The second-order valence-corrected chi connectivity index (χ2v) is 3.76. The number of carbonyl (C=O) groups is 3. The summed E-state index contributed by atoms with van der Waals surface area (Å²) in [7, 11) is 1.48. The number of nitrogens with zero attached hydrogens (tertiary/aromatic N) is 1. The predicted octanol–water partition coefficient (Wildman–Crippen LogP) is -0.127. The van der Waals surface area contributed by atoms with Crippen molar-refractivity contribution in [1.82, 2.24) is 4.90 Å². The number of hydrogen-bond acceptors (Lipinski definition) is 4. The Labute approximate surface area is 93.2 Å². The number of ether oxygens (including phenoxy) is 1. The number of carbonyl (C=O) groups excluding carboxylic acids is 2. The summed E-state index contributed by atoms with van der Waals surface area (Å²) in [6.07, 6.45) is 0.484. The minimum Gasteiger partial charge on any atom is -0.480 e. The molecule has 1 heterocycles. The molecule has 0 aromatic carbocycles. The van der Waals surface area contributed by atoms with Crippen LogP contribution in [-0.2, 0) is 19.1 Å². The van der Waals surface area contributed by atoms with E-state index in [1.165, 1.54) is 11.9 Å². The molecule has 6 nitrogen and oxygen atoms in total. The molecule has 1 saturated heterocycles. The Morgan fingerprint density at radius 2 is 2.19 bits per heavy atom. The van der Waals surface area contributed by atoms with E-state index in [-0.39, 0.29) is 13.0 Å². The van der Waals surface area contributed by atoms with Gasteiger partial charge in [-0.3, -0.25) is 14.4 Å². The summed E-state index contributed by atoms with van der Waals surface area (Å²) < 4.78 is 4.70. The van der Waals surface area contributed by atoms with Gasteiger partial charge in [0.15, 0.2) is 0 Å². The smallest absolute Gasteiger partial charge is 0.333 e. The molecular weight excluding hydrogens is 214 g/mol. The zero-order valence-corrected chi connectivity index (χ0v) is 9.36. The normalized spacial score (nSPS) is 25.4. The molecule has 1 fully saturated rings. The van der Waals surface area contributed by atoms with Crippen LogP contribution >= 0.6 is 0 Å². The molecule has 1 amide bonds. The molecule has 0 aromatic rings. The molecule has 1 N–H and O–H groups in total. The van der Waals surface area contributed by atoms with Crippen molar-refractivity contribution in [1.29, 1.82) is 0 Å². The number of aliphatic carboxylic acids is 1. The highest BCUT2D eigenvalue weighted by molar-refractivity contribution is 6.19. The topological polar surface area (TPSA) is 83.9 Å². The first kappa shape index (κ1) is 12.5. The summed E-state index contributed by atoms with van der Waals surface area (Å²) in [5.74, 6) is -3.08. The van der Waals surface area contributed by atoms with Gasteiger partial charge in [-0.15, -0.1) is 0 Å². The van der Waals surface area contributed by atoms with Crippen molar-refractivity contribution >= 4 is 17.8 Å². The van der Waals surface area contributed by atoms with E-state index in [4.69, 9.17) is 9.84 Å². The molecule has 1 rings (SSSR count). The largest absolute Gasteiger partial charge is 0.480 e. The van der Waals surface area contributed by atoms with Crippen LogP contribution in [0.15, 0.2) is 0 Å². The van der Waals surface area contributed by atoms with Gasteiger partial charge in [0.25, 0.3) is 5.91 Å². The van der Waals surface area contributed by atoms with E-state index in [0.717, 1.165) is 0 Å². The summed E-state index contributed by atoms with van der Waals surface area (Å²) in [5, 5.41) is 9.13. The average Bonchev–Trinajstić information content (AvgIpc) is 2.22. The molecule has 1 atom stereocenters. The van der Waals surface area contributed by atoms with Gasteiger partial charge >= 0.3 is 11.9 Å². The van der Waals surface area contributed by atoms with Gasteiger partial charge in [-0.05, 0) is 19.8 Å². The van der Waals surface area contributed by atoms with Gasteiger partial charge in [-0.2, -0.15) is 0 Å². The average molecular weight is 229 g/mol. The maximum absolute atomic E-state index is 11.8. The van der Waals surface area contributed by atoms with E-state index in [2.05, 4.69) is 0 Å². The Kier molecular flexibility index (Phi) is 3.51. The van der Waals surface area contributed by atoms with Gasteiger partial charge in [0.05, 0.1) is 6.61 Å². The van der Waals surface area contributed by atoms with Crippen LogP contribution in [0.25, 0.3) is 0 Å². The van der Waals surface area contributed by atoms with Crippen LogP contribution in [0.1, 0.15) is 19.8 Å². The summed E-state index contributed by atoms with van der Waals surface area (Å²) in [5.41, 5.74) is -2.04. The molecule has 0 bridgehead atoms. The Hall–Kier alpha value is -1.59. The molecular formula is C10H15NO5. The first-order chi connectivity index (χ1) is 7.46. The van der Waals surface area contributed by atoms with E-state index in [1.54, 1.807) is 6.92 Å². The van der Waals surface area contributed by atoms with Crippen LogP contribution in [0.3, 0.4) is 0 Å². The number of likely N-dealkylation sites (tertiary alicyclic amines) is 1. The van der Waals surface area contributed by atoms with Gasteiger partial charge in [-0.25, -0.2) is 0 Å². The molecule has 1 aliphatic rings. The van der Waals surface area contributed by atoms with Crippen molar-refractivity contribution in [3.63, 3.8) is 0 Å². The van der Waals surface area contributed by atoms with Crippen molar-refractivity contribution in [2.24, 2.45) is 5.41 Å². The summed E-state index contributed by atoms with van der Waals surface area (Å²) in [6, 6.07) is 0. The third kappa shape index (κ3) is 1.75.